The van der Waals surface area contributed by atoms with E-state index >= 15 is 0 Å². The molecule has 4 aliphatic rings. The van der Waals surface area contributed by atoms with Crippen LogP contribution in [0.5, 0.6) is 23.0 Å². The average molecular weight is 1900 g/mol. The second kappa shape index (κ2) is 51.1. The number of methoxy groups -OCH3 is 4. The third kappa shape index (κ3) is 25.9. The van der Waals surface area contributed by atoms with Crippen LogP contribution in [0, 0.1) is 23.7 Å². The van der Waals surface area contributed by atoms with Crippen LogP contribution >= 0.6 is 0 Å². The summed E-state index contributed by atoms with van der Waals surface area (Å²) in [5, 5.41) is 0. The Bertz CT molecular complexity index is 6070. The minimum Gasteiger partial charge on any atom is -0.657 e. The molecule has 28 heteroatoms. The topological polar surface area (TPSA) is 281 Å². The second-order valence-electron chi connectivity index (χ2n) is 30.1. The smallest absolute Gasteiger partial charge is 0.657 e. The maximum atomic E-state index is 6.40. The molecule has 0 saturated carbocycles. The Hall–Kier alpha value is -12.5. The van der Waals surface area contributed by atoms with E-state index in [1.54, 1.807) is 53.2 Å². The standard InChI is InChI=1S/C106H100N10O16.2Zn/c1-117-45-49-121-53-57-125-61-65-129-79-15-7-11-75(69-79)103-93-25-21-85(109-93)83(86-22-26-94(110-86)104(76-12-8-16-80(70-76)130-66-62-126-58-54-122-50-46-118-2)98-34-30-90(114-98)101(73-37-41-107-42-38-73)89-29-33-97(103)113-89)19-5-6-20-84-87-23-27-95(111-87)105(77-13-9-17-81(71-77)131-67-63-127-59-55-123-51-47-119-3)99-35-31-91(115-99)102(74-39-43-108-44-40-74)92-32-36-100(116-92)106(96-28-24-88(84)112-96)78-14-10-18-82(72-78)132-68-64-128-60-56-124-52-48-120-4;;/h7-18,21-44,69-72H,45-68H2,1-4H3;;/q-4;2*+2. The summed E-state index contributed by atoms with van der Waals surface area (Å²) in [6.45, 7) is 9.87. The molecular weight excluding hydrogens is 1800 g/mol. The molecule has 0 fully saturated rings. The number of aromatic nitrogens is 10. The van der Waals surface area contributed by atoms with Gasteiger partial charge in [0, 0.05) is 64.4 Å². The molecule has 26 nitrogen and oxygen atoms in total. The van der Waals surface area contributed by atoms with E-state index in [2.05, 4.69) is 33.6 Å². The summed E-state index contributed by atoms with van der Waals surface area (Å²) in [7, 11) is 6.58. The molecular formula is C106H100N10O16Zn2. The Morgan fingerprint density at radius 3 is 0.687 bits per heavy atom. The number of rotatable bonds is 46. The number of benzene rings is 4. The molecule has 0 atom stereocenters. The maximum absolute atomic E-state index is 6.40. The van der Waals surface area contributed by atoms with Crippen LogP contribution in [0.4, 0.5) is 0 Å². The van der Waals surface area contributed by atoms with E-state index in [9.17, 15) is 0 Å². The van der Waals surface area contributed by atoms with Crippen molar-refractivity contribution in [3.8, 4) is 113 Å². The molecule has 16 bridgehead atoms. The van der Waals surface area contributed by atoms with Crippen LogP contribution in [0.3, 0.4) is 0 Å². The van der Waals surface area contributed by atoms with Crippen molar-refractivity contribution in [3.63, 3.8) is 0 Å². The number of fused-ring (bicyclic) bond motifs is 16. The van der Waals surface area contributed by atoms with E-state index in [0.717, 1.165) is 66.8 Å². The molecule has 0 amide bonds. The fraction of sp³-hybridized carbons (Fsp3) is 0.264. The molecule has 4 aromatic carbocycles. The van der Waals surface area contributed by atoms with Gasteiger partial charge in [-0.15, -0.1) is 44.1 Å². The summed E-state index contributed by atoms with van der Waals surface area (Å²) < 4.78 is 92.2. The second-order valence-corrected chi connectivity index (χ2v) is 30.1. The Labute approximate surface area is 803 Å². The SMILES string of the molecule is COCCOCCOCCOc1cccc(-c2c3nc(c(-c4ccncc4)c4ccc([n-]4)c(-c4cccc(OCCOCCOCCOC)c4)c4nc(c(C#CC#Cc5c6nc(c(-c7cccc(OCCOCCOCCOC)c7)c7ccc([n-]7)c(-c7ccncc7)c7nc(c(-c8cccc(OCCOCCOCCOC)c8)c8ccc5[n-]8)C=C7)C=C6)c5ccc2[n-]5)C=C4)C=C3)c1.[Zn+2].[Zn+2]. The van der Waals surface area contributed by atoms with Gasteiger partial charge in [-0.2, -0.15) is 0 Å². The molecule has 0 saturated heterocycles. The number of pyridine rings is 2. The summed E-state index contributed by atoms with van der Waals surface area (Å²) in [5.74, 6) is 16.2. The van der Waals surface area contributed by atoms with E-state index in [1.807, 2.05) is 218 Å². The normalized spacial score (nSPS) is 11.7. The van der Waals surface area contributed by atoms with Crippen molar-refractivity contribution in [2.45, 2.75) is 0 Å². The van der Waals surface area contributed by atoms with Crippen LogP contribution in [-0.4, -0.2) is 217 Å². The van der Waals surface area contributed by atoms with Gasteiger partial charge < -0.3 is 95.7 Å². The van der Waals surface area contributed by atoms with E-state index in [0.29, 0.717) is 282 Å². The van der Waals surface area contributed by atoms with Crippen molar-refractivity contribution < 1.29 is 115 Å². The molecule has 12 heterocycles. The van der Waals surface area contributed by atoms with Crippen molar-refractivity contribution in [2.24, 2.45) is 0 Å². The van der Waals surface area contributed by atoms with Crippen molar-refractivity contribution in [3.05, 3.63) is 251 Å². The third-order valence-corrected chi connectivity index (χ3v) is 21.3. The fourth-order valence-corrected chi connectivity index (χ4v) is 15.1. The minimum absolute atomic E-state index is 0. The van der Waals surface area contributed by atoms with E-state index in [-0.39, 0.29) is 39.0 Å². The minimum atomic E-state index is 0. The van der Waals surface area contributed by atoms with Crippen molar-refractivity contribution in [2.75, 3.05) is 187 Å². The summed E-state index contributed by atoms with van der Waals surface area (Å²) in [5.41, 5.74) is 20.2. The fourth-order valence-electron chi connectivity index (χ4n) is 15.1. The van der Waals surface area contributed by atoms with Crippen molar-refractivity contribution in [1.29, 1.82) is 0 Å². The molecule has 0 aliphatic carbocycles. The van der Waals surface area contributed by atoms with Crippen molar-refractivity contribution >= 4 is 92.7 Å². The average Bonchev–Trinajstić information content (AvgIpc) is 1.62. The Morgan fingerprint density at radius 1 is 0.224 bits per heavy atom. The van der Waals surface area contributed by atoms with E-state index in [4.69, 9.17) is 116 Å². The summed E-state index contributed by atoms with van der Waals surface area (Å²) >= 11 is 0. The zero-order valence-corrected chi connectivity index (χ0v) is 81.4. The van der Waals surface area contributed by atoms with Gasteiger partial charge in [-0.3, -0.25) is 9.97 Å². The molecule has 0 spiro atoms. The van der Waals surface area contributed by atoms with Gasteiger partial charge in [0.1, 0.15) is 49.4 Å². The summed E-state index contributed by atoms with van der Waals surface area (Å²) in [4.78, 5) is 53.1. The monoisotopic (exact) mass is 1900 g/mol. The number of nitrogens with zero attached hydrogens (tertiary/aromatic N) is 10. The largest absolute Gasteiger partial charge is 2.00 e. The van der Waals surface area contributed by atoms with E-state index < -0.39 is 0 Å². The van der Waals surface area contributed by atoms with Crippen LogP contribution in [0.25, 0.3) is 160 Å². The third-order valence-electron chi connectivity index (χ3n) is 21.3. The predicted octanol–water partition coefficient (Wildman–Crippen LogP) is 16.6. The van der Waals surface area contributed by atoms with Gasteiger partial charge in [0.05, 0.1) is 178 Å². The first-order valence-corrected chi connectivity index (χ1v) is 43.8. The molecule has 0 unspecified atom stereocenters. The molecule has 134 heavy (non-hydrogen) atoms. The molecule has 674 valence electrons. The first-order valence-electron chi connectivity index (χ1n) is 43.8. The number of hydrogen-bond donors (Lipinski definition) is 0. The van der Waals surface area contributed by atoms with Crippen molar-refractivity contribution in [1.82, 2.24) is 49.8 Å². The van der Waals surface area contributed by atoms with Gasteiger partial charge in [-0.25, -0.2) is 19.9 Å². The van der Waals surface area contributed by atoms with Crippen LogP contribution in [-0.2, 0) is 95.8 Å². The van der Waals surface area contributed by atoms with Gasteiger partial charge in [0.25, 0.3) is 0 Å². The molecule has 8 aromatic heterocycles. The molecule has 0 N–H and O–H groups in total. The van der Waals surface area contributed by atoms with Crippen LogP contribution in [0.1, 0.15) is 56.7 Å². The molecule has 4 aliphatic heterocycles. The summed E-state index contributed by atoms with van der Waals surface area (Å²) in [6.07, 6.45) is 23.0. The van der Waals surface area contributed by atoms with Crippen LogP contribution in [0.15, 0.2) is 195 Å². The first-order chi connectivity index (χ1) is 65.3. The van der Waals surface area contributed by atoms with Gasteiger partial charge >= 0.3 is 39.0 Å². The Balaban J connectivity index is 0.00000720. The first kappa shape index (κ1) is 97.5. The van der Waals surface area contributed by atoms with Crippen LogP contribution < -0.4 is 38.9 Å². The van der Waals surface area contributed by atoms with E-state index in [1.165, 1.54) is 0 Å². The van der Waals surface area contributed by atoms with Gasteiger partial charge in [-0.05, 0) is 200 Å². The summed E-state index contributed by atoms with van der Waals surface area (Å²) in [6, 6.07) is 55.5. The zero-order chi connectivity index (χ0) is 90.1. The van der Waals surface area contributed by atoms with Crippen LogP contribution in [0.2, 0.25) is 0 Å². The van der Waals surface area contributed by atoms with Gasteiger partial charge in [0.2, 0.25) is 0 Å². The maximum Gasteiger partial charge on any atom is 2.00 e. The molecule has 16 rings (SSSR count). The Morgan fingerprint density at radius 2 is 0.433 bits per heavy atom. The molecule has 0 radical (unpaired) electrons. The number of ether oxygens (including phenoxy) is 16. The zero-order valence-electron chi connectivity index (χ0n) is 75.5. The van der Waals surface area contributed by atoms with Gasteiger partial charge in [0.15, 0.2) is 0 Å². The van der Waals surface area contributed by atoms with Gasteiger partial charge in [-0.1, -0.05) is 109 Å². The Kier molecular flexibility index (Phi) is 37.2. The predicted molar refractivity (Wildman–Crippen MR) is 512 cm³/mol. The quantitative estimate of drug-likeness (QED) is 0.0195. The number of hydrogen-bond acceptors (Lipinski definition) is 22. The molecule has 12 aromatic rings.